The van der Waals surface area contributed by atoms with Crippen molar-refractivity contribution in [3.63, 3.8) is 0 Å². The third-order valence-corrected chi connectivity index (χ3v) is 5.43. The number of benzene rings is 2. The van der Waals surface area contributed by atoms with Crippen LogP contribution in [0.5, 0.6) is 0 Å². The van der Waals surface area contributed by atoms with Crippen LogP contribution in [0.1, 0.15) is 44.0 Å². The first-order chi connectivity index (χ1) is 16.1. The summed E-state index contributed by atoms with van der Waals surface area (Å²) in [5.41, 5.74) is 2.32. The third-order valence-electron chi connectivity index (χ3n) is 5.43. The van der Waals surface area contributed by atoms with Gasteiger partial charge in [0.15, 0.2) is 5.79 Å². The molecule has 8 nitrogen and oxygen atoms in total. The van der Waals surface area contributed by atoms with Crippen LogP contribution in [0.15, 0.2) is 60.7 Å². The standard InChI is InChI=1S/C23H25N3O3.C3H8O2.2H2/c1-26-20-10-6-5-9-18(20)12-21(26)23(28)25-14-19-11-16(15-29-19)13-24-22(27)17-7-3-2-4-8-17;1-3(2,4)5;;/h2-10,12,16,19H,11,13-15H2,1H3,(H,24,27)(H,25,28);4-5H,1-2H3;2*1H/t16-,19+;;;/m1.../s1. The summed E-state index contributed by atoms with van der Waals surface area (Å²) in [4.78, 5) is 24.8. The molecule has 3 aromatic rings. The number of rotatable bonds is 6. The fourth-order valence-corrected chi connectivity index (χ4v) is 3.80. The molecule has 2 heterocycles. The average Bonchev–Trinajstić information content (AvgIpc) is 3.40. The molecular formula is C26H37N3O5. The molecule has 34 heavy (non-hydrogen) atoms. The van der Waals surface area contributed by atoms with E-state index in [1.54, 1.807) is 12.1 Å². The van der Waals surface area contributed by atoms with Crippen molar-refractivity contribution in [1.82, 2.24) is 15.2 Å². The van der Waals surface area contributed by atoms with Crippen LogP contribution in [0.4, 0.5) is 0 Å². The summed E-state index contributed by atoms with van der Waals surface area (Å²) in [5.74, 6) is -1.42. The molecule has 2 atom stereocenters. The molecule has 1 aliphatic rings. The Labute approximate surface area is 202 Å². The summed E-state index contributed by atoms with van der Waals surface area (Å²) in [7, 11) is 1.90. The second-order valence-electron chi connectivity index (χ2n) is 8.98. The van der Waals surface area contributed by atoms with Gasteiger partial charge >= 0.3 is 0 Å². The van der Waals surface area contributed by atoms with E-state index in [1.807, 2.05) is 60.1 Å². The minimum absolute atomic E-state index is 0. The molecule has 0 spiro atoms. The number of nitrogens with one attached hydrogen (secondary N) is 2. The highest BCUT2D eigenvalue weighted by atomic mass is 16.5. The number of aliphatic hydroxyl groups is 2. The van der Waals surface area contributed by atoms with Gasteiger partial charge in [0, 0.05) is 45.4 Å². The largest absolute Gasteiger partial charge is 0.376 e. The molecule has 2 aromatic carbocycles. The first kappa shape index (κ1) is 25.4. The van der Waals surface area contributed by atoms with Gasteiger partial charge in [-0.05, 0) is 44.5 Å². The Morgan fingerprint density at radius 3 is 2.32 bits per heavy atom. The average molecular weight is 472 g/mol. The van der Waals surface area contributed by atoms with Gasteiger partial charge in [0.25, 0.3) is 11.8 Å². The predicted octanol–water partition coefficient (Wildman–Crippen LogP) is 2.94. The van der Waals surface area contributed by atoms with Gasteiger partial charge in [-0.25, -0.2) is 0 Å². The number of amides is 2. The van der Waals surface area contributed by atoms with Crippen LogP contribution in [-0.4, -0.2) is 58.2 Å². The Bertz CT molecular complexity index is 1110. The van der Waals surface area contributed by atoms with E-state index in [0.29, 0.717) is 31.0 Å². The minimum Gasteiger partial charge on any atom is -0.376 e. The van der Waals surface area contributed by atoms with Crippen LogP contribution < -0.4 is 10.6 Å². The Morgan fingerprint density at radius 1 is 1.03 bits per heavy atom. The van der Waals surface area contributed by atoms with Crippen molar-refractivity contribution in [2.75, 3.05) is 19.7 Å². The molecule has 0 aliphatic carbocycles. The predicted molar refractivity (Wildman–Crippen MR) is 135 cm³/mol. The molecule has 2 amide bonds. The SMILES string of the molecule is CC(C)(O)O.Cn1c(C(=O)NC[C@@H]2C[C@H](CNC(=O)c3ccccc3)CO2)cc2ccccc21.[HH].[HH]. The highest BCUT2D eigenvalue weighted by molar-refractivity contribution is 5.98. The van der Waals surface area contributed by atoms with E-state index < -0.39 is 5.79 Å². The lowest BCUT2D eigenvalue weighted by Gasteiger charge is -2.12. The lowest BCUT2D eigenvalue weighted by molar-refractivity contribution is -0.127. The molecule has 1 aliphatic heterocycles. The van der Waals surface area contributed by atoms with E-state index in [-0.39, 0.29) is 26.7 Å². The summed E-state index contributed by atoms with van der Waals surface area (Å²) < 4.78 is 7.71. The molecular weight excluding hydrogens is 434 g/mol. The van der Waals surface area contributed by atoms with Crippen LogP contribution in [0, 0.1) is 5.92 Å². The summed E-state index contributed by atoms with van der Waals surface area (Å²) in [6.45, 7) is 4.22. The van der Waals surface area contributed by atoms with Crippen LogP contribution in [0.2, 0.25) is 0 Å². The van der Waals surface area contributed by atoms with Crippen LogP contribution in [0.25, 0.3) is 10.9 Å². The number of aromatic nitrogens is 1. The van der Waals surface area contributed by atoms with E-state index in [9.17, 15) is 9.59 Å². The summed E-state index contributed by atoms with van der Waals surface area (Å²) in [6, 6.07) is 19.0. The number of nitrogens with zero attached hydrogens (tertiary/aromatic N) is 1. The molecule has 0 radical (unpaired) electrons. The maximum Gasteiger partial charge on any atom is 0.268 e. The number of fused-ring (bicyclic) bond motifs is 1. The molecule has 0 saturated carbocycles. The van der Waals surface area contributed by atoms with Crippen LogP contribution in [-0.2, 0) is 11.8 Å². The van der Waals surface area contributed by atoms with E-state index in [2.05, 4.69) is 10.6 Å². The Morgan fingerprint density at radius 2 is 1.65 bits per heavy atom. The first-order valence-corrected chi connectivity index (χ1v) is 11.3. The highest BCUT2D eigenvalue weighted by Gasteiger charge is 2.26. The first-order valence-electron chi connectivity index (χ1n) is 11.3. The summed E-state index contributed by atoms with van der Waals surface area (Å²) in [6.07, 6.45) is 0.775. The lowest BCUT2D eigenvalue weighted by Crippen LogP contribution is -2.33. The van der Waals surface area contributed by atoms with Crippen molar-refractivity contribution >= 4 is 22.7 Å². The number of carbonyl (C=O) groups is 2. The van der Waals surface area contributed by atoms with Gasteiger partial charge in [-0.3, -0.25) is 9.59 Å². The number of aryl methyl sites for hydroxylation is 1. The molecule has 0 bridgehead atoms. The van der Waals surface area contributed by atoms with Gasteiger partial charge in [0.05, 0.1) is 12.7 Å². The molecule has 8 heteroatoms. The van der Waals surface area contributed by atoms with Crippen molar-refractivity contribution in [2.24, 2.45) is 13.0 Å². The normalized spacial score (nSPS) is 17.7. The minimum atomic E-state index is -1.50. The van der Waals surface area contributed by atoms with Gasteiger partial charge in [-0.15, -0.1) is 0 Å². The maximum absolute atomic E-state index is 12.6. The van der Waals surface area contributed by atoms with Crippen molar-refractivity contribution in [1.29, 1.82) is 0 Å². The number of carbonyl (C=O) groups excluding carboxylic acids is 2. The number of hydrogen-bond donors (Lipinski definition) is 4. The molecule has 1 aromatic heterocycles. The highest BCUT2D eigenvalue weighted by Crippen LogP contribution is 2.20. The topological polar surface area (TPSA) is 113 Å². The molecule has 4 N–H and O–H groups in total. The Balaban J connectivity index is 0.000000846. The molecule has 0 unspecified atom stereocenters. The van der Waals surface area contributed by atoms with E-state index in [0.717, 1.165) is 17.3 Å². The third kappa shape index (κ3) is 7.41. The van der Waals surface area contributed by atoms with Crippen LogP contribution in [0.3, 0.4) is 0 Å². The van der Waals surface area contributed by atoms with Gasteiger partial charge in [-0.2, -0.15) is 0 Å². The van der Waals surface area contributed by atoms with Crippen molar-refractivity contribution < 1.29 is 27.4 Å². The molecule has 186 valence electrons. The van der Waals surface area contributed by atoms with Crippen LogP contribution >= 0.6 is 0 Å². The zero-order valence-electron chi connectivity index (χ0n) is 19.8. The number of ether oxygens (including phenoxy) is 1. The van der Waals surface area contributed by atoms with E-state index >= 15 is 0 Å². The Hall–Kier alpha value is -3.20. The summed E-state index contributed by atoms with van der Waals surface area (Å²) in [5, 5.41) is 23.1. The van der Waals surface area contributed by atoms with Gasteiger partial charge in [-0.1, -0.05) is 36.4 Å². The smallest absolute Gasteiger partial charge is 0.268 e. The zero-order chi connectivity index (χ0) is 24.7. The zero-order valence-corrected chi connectivity index (χ0v) is 19.8. The quantitative estimate of drug-likeness (QED) is 0.413. The van der Waals surface area contributed by atoms with Crippen molar-refractivity contribution in [2.45, 2.75) is 32.2 Å². The molecule has 4 rings (SSSR count). The fraction of sp³-hybridized carbons (Fsp3) is 0.385. The number of para-hydroxylation sites is 1. The second-order valence-corrected chi connectivity index (χ2v) is 8.98. The Kier molecular flexibility index (Phi) is 8.44. The van der Waals surface area contributed by atoms with Gasteiger partial charge in [0.2, 0.25) is 0 Å². The van der Waals surface area contributed by atoms with Crippen molar-refractivity contribution in [3.05, 3.63) is 71.9 Å². The van der Waals surface area contributed by atoms with Gasteiger partial charge < -0.3 is 30.2 Å². The van der Waals surface area contributed by atoms with Crippen molar-refractivity contribution in [3.8, 4) is 0 Å². The molecule has 1 fully saturated rings. The fourth-order valence-electron chi connectivity index (χ4n) is 3.80. The van der Waals surface area contributed by atoms with Gasteiger partial charge in [0.1, 0.15) is 5.69 Å². The van der Waals surface area contributed by atoms with E-state index in [4.69, 9.17) is 14.9 Å². The molecule has 1 saturated heterocycles. The number of hydrogen-bond acceptors (Lipinski definition) is 5. The van der Waals surface area contributed by atoms with E-state index in [1.165, 1.54) is 13.8 Å². The second kappa shape index (κ2) is 11.3. The summed E-state index contributed by atoms with van der Waals surface area (Å²) >= 11 is 0. The maximum atomic E-state index is 12.6. The monoisotopic (exact) mass is 471 g/mol. The lowest BCUT2D eigenvalue weighted by atomic mass is 10.1.